The van der Waals surface area contributed by atoms with E-state index in [2.05, 4.69) is 10.2 Å². The largest absolute Gasteiger partial charge is 0.495 e. The summed E-state index contributed by atoms with van der Waals surface area (Å²) in [7, 11) is -2.20. The molecule has 0 spiro atoms. The van der Waals surface area contributed by atoms with Crippen molar-refractivity contribution in [2.24, 2.45) is 0 Å². The third kappa shape index (κ3) is 4.57. The van der Waals surface area contributed by atoms with Crippen LogP contribution >= 0.6 is 0 Å². The van der Waals surface area contributed by atoms with E-state index in [0.29, 0.717) is 31.0 Å². The fraction of sp³-hybridized carbons (Fsp3) is 0.318. The fourth-order valence-corrected chi connectivity index (χ4v) is 5.41. The van der Waals surface area contributed by atoms with Gasteiger partial charge in [-0.05, 0) is 61.4 Å². The molecule has 3 aromatic rings. The Bertz CT molecular complexity index is 1160. The van der Waals surface area contributed by atoms with Crippen LogP contribution in [0.2, 0.25) is 0 Å². The highest BCUT2D eigenvalue weighted by atomic mass is 32.2. The number of aromatic nitrogens is 2. The van der Waals surface area contributed by atoms with Crippen molar-refractivity contribution in [2.75, 3.05) is 20.2 Å². The molecule has 1 unspecified atom stereocenters. The molecule has 0 aliphatic carbocycles. The Balaban J connectivity index is 1.43. The number of hydrogen-bond donors (Lipinski definition) is 1. The topological polar surface area (TPSA) is 84.5 Å². The van der Waals surface area contributed by atoms with E-state index in [4.69, 9.17) is 9.47 Å². The normalized spacial score (nSPS) is 17.1. The van der Waals surface area contributed by atoms with Crippen molar-refractivity contribution in [2.45, 2.75) is 30.8 Å². The molecule has 1 atom stereocenters. The van der Waals surface area contributed by atoms with Gasteiger partial charge in [0.05, 0.1) is 18.5 Å². The second kappa shape index (κ2) is 8.68. The highest BCUT2D eigenvalue weighted by molar-refractivity contribution is 7.89. The van der Waals surface area contributed by atoms with Crippen LogP contribution in [0.25, 0.3) is 0 Å². The highest BCUT2D eigenvalue weighted by Gasteiger charge is 2.35. The number of sulfonamides is 1. The fourth-order valence-electron chi connectivity index (χ4n) is 3.67. The van der Waals surface area contributed by atoms with E-state index in [0.717, 1.165) is 17.0 Å². The van der Waals surface area contributed by atoms with Crippen molar-refractivity contribution in [3.05, 3.63) is 71.3 Å². The lowest BCUT2D eigenvalue weighted by Crippen LogP contribution is -2.29. The molecule has 2 aromatic carbocycles. The second-order valence-corrected chi connectivity index (χ2v) is 9.47. The van der Waals surface area contributed by atoms with E-state index < -0.39 is 10.0 Å². The van der Waals surface area contributed by atoms with E-state index in [9.17, 15) is 12.8 Å². The third-order valence-electron chi connectivity index (χ3n) is 5.36. The zero-order valence-electron chi connectivity index (χ0n) is 17.3. The number of rotatable bonds is 7. The van der Waals surface area contributed by atoms with Gasteiger partial charge >= 0.3 is 0 Å². The Morgan fingerprint density at radius 3 is 2.71 bits per heavy atom. The number of nitrogens with one attached hydrogen (secondary N) is 1. The number of nitrogens with zero attached hydrogens (tertiary/aromatic N) is 2. The average molecular weight is 446 g/mol. The maximum atomic E-state index is 13.2. The minimum Gasteiger partial charge on any atom is -0.495 e. The molecule has 1 aromatic heterocycles. The third-order valence-corrected chi connectivity index (χ3v) is 7.25. The molecule has 0 radical (unpaired) electrons. The van der Waals surface area contributed by atoms with Crippen LogP contribution in [0.4, 0.5) is 4.39 Å². The predicted molar refractivity (Wildman–Crippen MR) is 113 cm³/mol. The van der Waals surface area contributed by atoms with E-state index >= 15 is 0 Å². The maximum Gasteiger partial charge on any atom is 0.246 e. The molecule has 9 heteroatoms. The number of halogens is 1. The molecule has 1 aliphatic heterocycles. The summed E-state index contributed by atoms with van der Waals surface area (Å²) in [5, 5.41) is 7.29. The Labute approximate surface area is 180 Å². The number of aromatic amines is 1. The highest BCUT2D eigenvalue weighted by Crippen LogP contribution is 2.34. The van der Waals surface area contributed by atoms with Crippen LogP contribution in [0, 0.1) is 12.7 Å². The number of ether oxygens (including phenoxy) is 2. The first kappa shape index (κ1) is 21.3. The molecule has 31 heavy (non-hydrogen) atoms. The summed E-state index contributed by atoms with van der Waals surface area (Å²) in [6, 6.07) is 12.8. The molecule has 1 aliphatic rings. The summed E-state index contributed by atoms with van der Waals surface area (Å²) in [5.74, 6) is 0.568. The predicted octanol–water partition coefficient (Wildman–Crippen LogP) is 3.62. The molecule has 2 heterocycles. The summed E-state index contributed by atoms with van der Waals surface area (Å²) in [6.45, 7) is 2.87. The van der Waals surface area contributed by atoms with Crippen LogP contribution in [0.1, 0.15) is 29.3 Å². The van der Waals surface area contributed by atoms with Crippen LogP contribution in [0.3, 0.4) is 0 Å². The summed E-state index contributed by atoms with van der Waals surface area (Å²) < 4.78 is 51.8. The van der Waals surface area contributed by atoms with Crippen LogP contribution < -0.4 is 9.47 Å². The molecular formula is C22H24FN3O4S. The molecule has 4 rings (SSSR count). The molecule has 1 fully saturated rings. The minimum absolute atomic E-state index is 0.0126. The average Bonchev–Trinajstić information content (AvgIpc) is 3.43. The number of aryl methyl sites for hydroxylation is 1. The number of hydrogen-bond acceptors (Lipinski definition) is 5. The monoisotopic (exact) mass is 445 g/mol. The summed E-state index contributed by atoms with van der Waals surface area (Å²) in [5.41, 5.74) is 2.42. The lowest BCUT2D eigenvalue weighted by atomic mass is 10.1. The summed E-state index contributed by atoms with van der Waals surface area (Å²) in [4.78, 5) is 0.186. The van der Waals surface area contributed by atoms with E-state index in [-0.39, 0.29) is 23.2 Å². The molecular weight excluding hydrogens is 421 g/mol. The van der Waals surface area contributed by atoms with Crippen LogP contribution in [0.5, 0.6) is 11.5 Å². The van der Waals surface area contributed by atoms with Crippen LogP contribution in [-0.4, -0.2) is 43.1 Å². The molecule has 1 saturated heterocycles. The van der Waals surface area contributed by atoms with E-state index in [1.807, 2.05) is 19.1 Å². The molecule has 0 bridgehead atoms. The molecule has 0 amide bonds. The minimum atomic E-state index is -3.67. The first-order valence-electron chi connectivity index (χ1n) is 9.94. The standard InChI is InChI=1S/C22H24FN3O4S/c1-15-3-8-21(29-2)22(11-15)31(27,28)26-10-9-16(13-26)20-12-18(24-25-20)14-30-19-6-4-17(23)5-7-19/h3-8,11-12,16H,9-10,13-14H2,1-2H3,(H,24,25). The van der Waals surface area contributed by atoms with Crippen molar-refractivity contribution in [3.63, 3.8) is 0 Å². The van der Waals surface area contributed by atoms with Crippen molar-refractivity contribution in [1.29, 1.82) is 0 Å². The molecule has 7 nitrogen and oxygen atoms in total. The van der Waals surface area contributed by atoms with Gasteiger partial charge in [-0.1, -0.05) is 6.07 Å². The quantitative estimate of drug-likeness (QED) is 0.600. The van der Waals surface area contributed by atoms with Gasteiger partial charge in [0, 0.05) is 19.0 Å². The van der Waals surface area contributed by atoms with Gasteiger partial charge in [0.2, 0.25) is 10.0 Å². The number of methoxy groups -OCH3 is 1. The Kier molecular flexibility index (Phi) is 5.97. The first-order valence-corrected chi connectivity index (χ1v) is 11.4. The molecule has 164 valence electrons. The number of benzene rings is 2. The summed E-state index contributed by atoms with van der Waals surface area (Å²) in [6.07, 6.45) is 0.677. The van der Waals surface area contributed by atoms with Crippen molar-refractivity contribution < 1.29 is 22.3 Å². The van der Waals surface area contributed by atoms with Gasteiger partial charge < -0.3 is 9.47 Å². The van der Waals surface area contributed by atoms with E-state index in [1.165, 1.54) is 23.5 Å². The summed E-state index contributed by atoms with van der Waals surface area (Å²) >= 11 is 0. The van der Waals surface area contributed by atoms with Crippen molar-refractivity contribution in [3.8, 4) is 11.5 Å². The van der Waals surface area contributed by atoms with Crippen LogP contribution in [0.15, 0.2) is 53.4 Å². The number of H-pyrrole nitrogens is 1. The SMILES string of the molecule is COc1ccc(C)cc1S(=O)(=O)N1CCC(c2cc(COc3ccc(F)cc3)[nH]n2)C1. The zero-order chi connectivity index (χ0) is 22.0. The van der Waals surface area contributed by atoms with Gasteiger partial charge in [-0.15, -0.1) is 0 Å². The second-order valence-electron chi connectivity index (χ2n) is 7.56. The molecule has 0 saturated carbocycles. The lowest BCUT2D eigenvalue weighted by Gasteiger charge is -2.18. The van der Waals surface area contributed by atoms with Crippen LogP contribution in [-0.2, 0) is 16.6 Å². The van der Waals surface area contributed by atoms with Crippen molar-refractivity contribution in [1.82, 2.24) is 14.5 Å². The zero-order valence-corrected chi connectivity index (χ0v) is 18.2. The van der Waals surface area contributed by atoms with Gasteiger partial charge in [0.1, 0.15) is 28.8 Å². The first-order chi connectivity index (χ1) is 14.9. The van der Waals surface area contributed by atoms with Gasteiger partial charge in [-0.3, -0.25) is 5.10 Å². The van der Waals surface area contributed by atoms with Gasteiger partial charge in [-0.25, -0.2) is 12.8 Å². The Morgan fingerprint density at radius 2 is 1.97 bits per heavy atom. The van der Waals surface area contributed by atoms with Gasteiger partial charge in [0.25, 0.3) is 0 Å². The Morgan fingerprint density at radius 1 is 1.19 bits per heavy atom. The van der Waals surface area contributed by atoms with E-state index in [1.54, 1.807) is 24.3 Å². The Hall–Kier alpha value is -2.91. The lowest BCUT2D eigenvalue weighted by molar-refractivity contribution is 0.300. The van der Waals surface area contributed by atoms with Gasteiger partial charge in [0.15, 0.2) is 0 Å². The molecule has 1 N–H and O–H groups in total. The maximum absolute atomic E-state index is 13.2. The van der Waals surface area contributed by atoms with Crippen molar-refractivity contribution >= 4 is 10.0 Å². The smallest absolute Gasteiger partial charge is 0.246 e. The van der Waals surface area contributed by atoms with Gasteiger partial charge in [-0.2, -0.15) is 9.40 Å².